The van der Waals surface area contributed by atoms with Gasteiger partial charge >= 0.3 is 0 Å². The zero-order chi connectivity index (χ0) is 16.0. The van der Waals surface area contributed by atoms with Gasteiger partial charge in [-0.1, -0.05) is 39.8 Å². The van der Waals surface area contributed by atoms with Crippen molar-refractivity contribution in [2.45, 2.75) is 33.6 Å². The molecule has 0 aliphatic carbocycles. The lowest BCUT2D eigenvalue weighted by molar-refractivity contribution is 0.249. The van der Waals surface area contributed by atoms with Gasteiger partial charge in [0.25, 0.3) is 0 Å². The predicted molar refractivity (Wildman–Crippen MR) is 108 cm³/mol. The Morgan fingerprint density at radius 1 is 1.32 bits per heavy atom. The predicted octanol–water partition coefficient (Wildman–Crippen LogP) is 3.74. The summed E-state index contributed by atoms with van der Waals surface area (Å²) in [7, 11) is 4.15. The van der Waals surface area contributed by atoms with Crippen LogP contribution in [0, 0.1) is 5.41 Å². The van der Waals surface area contributed by atoms with Crippen molar-refractivity contribution in [3.05, 3.63) is 29.8 Å². The quantitative estimate of drug-likeness (QED) is 0.421. The molecule has 0 spiro atoms. The van der Waals surface area contributed by atoms with Crippen LogP contribution in [-0.2, 0) is 0 Å². The van der Waals surface area contributed by atoms with E-state index in [1.807, 2.05) is 12.1 Å². The minimum Gasteiger partial charge on any atom is -0.370 e. The van der Waals surface area contributed by atoms with Gasteiger partial charge in [-0.05, 0) is 43.1 Å². The van der Waals surface area contributed by atoms with Crippen molar-refractivity contribution in [2.75, 3.05) is 32.5 Å². The van der Waals surface area contributed by atoms with Crippen LogP contribution in [0.1, 0.15) is 39.2 Å². The number of halogens is 1. The fraction of sp³-hybridized carbons (Fsp3) is 0.588. The highest BCUT2D eigenvalue weighted by atomic mass is 127. The number of hydrogen-bond acceptors (Lipinski definition) is 2. The maximum absolute atomic E-state index is 6.00. The van der Waals surface area contributed by atoms with Gasteiger partial charge < -0.3 is 16.0 Å². The zero-order valence-electron chi connectivity index (χ0n) is 14.7. The van der Waals surface area contributed by atoms with Gasteiger partial charge in [0.2, 0.25) is 0 Å². The molecule has 22 heavy (non-hydrogen) atoms. The smallest absolute Gasteiger partial charge is 0.193 e. The molecular formula is C17H31IN4. The van der Waals surface area contributed by atoms with Gasteiger partial charge in [-0.3, -0.25) is 4.99 Å². The van der Waals surface area contributed by atoms with Crippen LogP contribution in [0.2, 0.25) is 0 Å². The summed E-state index contributed by atoms with van der Waals surface area (Å²) in [6, 6.07) is 8.31. The summed E-state index contributed by atoms with van der Waals surface area (Å²) >= 11 is 0. The molecule has 0 aromatic heterocycles. The molecule has 0 saturated carbocycles. The average molecular weight is 418 g/mol. The summed E-state index contributed by atoms with van der Waals surface area (Å²) in [5, 5.41) is 3.18. The van der Waals surface area contributed by atoms with Crippen LogP contribution in [0.5, 0.6) is 0 Å². The van der Waals surface area contributed by atoms with Crippen molar-refractivity contribution >= 4 is 35.6 Å². The number of rotatable bonds is 6. The fourth-order valence-corrected chi connectivity index (χ4v) is 2.37. The topological polar surface area (TPSA) is 53.6 Å². The van der Waals surface area contributed by atoms with Gasteiger partial charge in [-0.2, -0.15) is 0 Å². The Bertz CT molecular complexity index is 481. The molecule has 0 atom stereocenters. The second-order valence-corrected chi connectivity index (χ2v) is 7.01. The maximum atomic E-state index is 6.00. The molecule has 1 aromatic rings. The van der Waals surface area contributed by atoms with Crippen molar-refractivity contribution in [3.8, 4) is 0 Å². The minimum atomic E-state index is 0. The first-order chi connectivity index (χ1) is 9.69. The van der Waals surface area contributed by atoms with Crippen molar-refractivity contribution in [3.63, 3.8) is 0 Å². The number of aliphatic imine (C=N–C) groups is 1. The molecule has 0 amide bonds. The van der Waals surface area contributed by atoms with Crippen LogP contribution < -0.4 is 11.1 Å². The third kappa shape index (κ3) is 7.98. The number of nitrogens with two attached hydrogens (primary N) is 1. The molecule has 1 aromatic carbocycles. The van der Waals surface area contributed by atoms with Crippen LogP contribution >= 0.6 is 24.0 Å². The van der Waals surface area contributed by atoms with Crippen LogP contribution in [0.4, 0.5) is 5.69 Å². The van der Waals surface area contributed by atoms with E-state index in [2.05, 4.69) is 69.1 Å². The van der Waals surface area contributed by atoms with E-state index in [0.29, 0.717) is 18.4 Å². The molecular weight excluding hydrogens is 387 g/mol. The normalized spacial score (nSPS) is 12.5. The molecule has 0 fully saturated rings. The highest BCUT2D eigenvalue weighted by Crippen LogP contribution is 2.19. The first-order valence-corrected chi connectivity index (χ1v) is 7.51. The maximum Gasteiger partial charge on any atom is 0.193 e. The largest absolute Gasteiger partial charge is 0.370 e. The summed E-state index contributed by atoms with van der Waals surface area (Å²) in [6.07, 6.45) is 0. The summed E-state index contributed by atoms with van der Waals surface area (Å²) in [5.74, 6) is 0.978. The zero-order valence-corrected chi connectivity index (χ0v) is 17.0. The van der Waals surface area contributed by atoms with Gasteiger partial charge in [-0.15, -0.1) is 24.0 Å². The van der Waals surface area contributed by atoms with Crippen LogP contribution in [0.25, 0.3) is 0 Å². The van der Waals surface area contributed by atoms with E-state index in [0.717, 1.165) is 12.2 Å². The number of nitrogens with one attached hydrogen (secondary N) is 1. The van der Waals surface area contributed by atoms with E-state index in [1.54, 1.807) is 0 Å². The van der Waals surface area contributed by atoms with E-state index in [-0.39, 0.29) is 29.4 Å². The van der Waals surface area contributed by atoms with Gasteiger partial charge in [0.15, 0.2) is 5.96 Å². The van der Waals surface area contributed by atoms with E-state index in [1.165, 1.54) is 5.56 Å². The Morgan fingerprint density at radius 3 is 2.50 bits per heavy atom. The summed E-state index contributed by atoms with van der Waals surface area (Å²) < 4.78 is 0. The molecule has 0 bridgehead atoms. The van der Waals surface area contributed by atoms with E-state index in [4.69, 9.17) is 5.73 Å². The average Bonchev–Trinajstić information content (AvgIpc) is 2.35. The second kappa shape index (κ2) is 9.35. The van der Waals surface area contributed by atoms with Crippen LogP contribution in [0.15, 0.2) is 29.3 Å². The Hall–Kier alpha value is -0.820. The Morgan fingerprint density at radius 2 is 1.95 bits per heavy atom. The number of hydrogen-bond donors (Lipinski definition) is 2. The van der Waals surface area contributed by atoms with Crippen molar-refractivity contribution in [1.29, 1.82) is 0 Å². The van der Waals surface area contributed by atoms with Crippen molar-refractivity contribution < 1.29 is 0 Å². The molecule has 0 aliphatic heterocycles. The molecule has 0 saturated heterocycles. The lowest BCUT2D eigenvalue weighted by atomic mass is 9.93. The number of nitrogens with zero attached hydrogens (tertiary/aromatic N) is 2. The number of guanidine groups is 1. The van der Waals surface area contributed by atoms with E-state index < -0.39 is 0 Å². The van der Waals surface area contributed by atoms with Crippen LogP contribution in [0.3, 0.4) is 0 Å². The number of benzene rings is 1. The van der Waals surface area contributed by atoms with Crippen molar-refractivity contribution in [2.24, 2.45) is 16.1 Å². The molecule has 4 nitrogen and oxygen atoms in total. The molecule has 0 aliphatic rings. The lowest BCUT2D eigenvalue weighted by Crippen LogP contribution is -2.32. The summed E-state index contributed by atoms with van der Waals surface area (Å²) in [5.41, 5.74) is 8.39. The highest BCUT2D eigenvalue weighted by molar-refractivity contribution is 14.0. The third-order valence-corrected chi connectivity index (χ3v) is 3.25. The lowest BCUT2D eigenvalue weighted by Gasteiger charge is -2.26. The highest BCUT2D eigenvalue weighted by Gasteiger charge is 2.18. The fourth-order valence-electron chi connectivity index (χ4n) is 2.37. The van der Waals surface area contributed by atoms with E-state index >= 15 is 0 Å². The minimum absolute atomic E-state index is 0. The van der Waals surface area contributed by atoms with Gasteiger partial charge in [0, 0.05) is 18.8 Å². The first-order valence-electron chi connectivity index (χ1n) is 7.51. The second-order valence-electron chi connectivity index (χ2n) is 7.01. The van der Waals surface area contributed by atoms with Gasteiger partial charge in [-0.25, -0.2) is 0 Å². The monoisotopic (exact) mass is 418 g/mol. The third-order valence-electron chi connectivity index (χ3n) is 3.25. The van der Waals surface area contributed by atoms with Crippen molar-refractivity contribution in [1.82, 2.24) is 4.90 Å². The molecule has 0 heterocycles. The number of anilines is 1. The molecule has 3 N–H and O–H groups in total. The summed E-state index contributed by atoms with van der Waals surface area (Å²) in [6.45, 7) is 10.4. The SMILES string of the molecule is CC(C)c1cccc(NC(N)=NCC(C)(C)CN(C)C)c1.I. The van der Waals surface area contributed by atoms with E-state index in [9.17, 15) is 0 Å². The Labute approximate surface area is 152 Å². The van der Waals surface area contributed by atoms with Gasteiger partial charge in [0.1, 0.15) is 0 Å². The summed E-state index contributed by atoms with van der Waals surface area (Å²) in [4.78, 5) is 6.65. The molecule has 0 radical (unpaired) electrons. The molecule has 5 heteroatoms. The standard InChI is InChI=1S/C17H30N4.HI/c1-13(2)14-8-7-9-15(10-14)20-16(18)19-11-17(3,4)12-21(5)6;/h7-10,13H,11-12H2,1-6H3,(H3,18,19,20);1H. The van der Waals surface area contributed by atoms with Crippen LogP contribution in [-0.4, -0.2) is 38.0 Å². The Kier molecular flexibility index (Phi) is 9.00. The molecule has 126 valence electrons. The molecule has 1 rings (SSSR count). The van der Waals surface area contributed by atoms with Gasteiger partial charge in [0.05, 0.1) is 0 Å². The Balaban J connectivity index is 0.00000441. The molecule has 0 unspecified atom stereocenters. The first kappa shape index (κ1) is 21.2.